The van der Waals surface area contributed by atoms with Crippen LogP contribution in [0.15, 0.2) is 24.3 Å². The van der Waals surface area contributed by atoms with Crippen LogP contribution in [0.4, 0.5) is 4.79 Å². The van der Waals surface area contributed by atoms with Gasteiger partial charge in [-0.1, -0.05) is 36.6 Å². The van der Waals surface area contributed by atoms with Crippen molar-refractivity contribution in [2.45, 2.75) is 62.6 Å². The van der Waals surface area contributed by atoms with Gasteiger partial charge in [0.25, 0.3) is 0 Å². The largest absolute Gasteiger partial charge is 0.335 e. The number of carbonyl (C=O) groups excluding carboxylic acids is 1. The first-order valence-electron chi connectivity index (χ1n) is 8.20. The maximum absolute atomic E-state index is 12.1. The molecular weight excluding hydrogens is 298 g/mol. The second-order valence-corrected chi connectivity index (χ2v) is 7.03. The van der Waals surface area contributed by atoms with Crippen LogP contribution in [0.5, 0.6) is 0 Å². The van der Waals surface area contributed by atoms with Crippen LogP contribution < -0.4 is 16.4 Å². The Morgan fingerprint density at radius 2 is 1.77 bits per heavy atom. The first-order chi connectivity index (χ1) is 10.6. The number of hydrogen-bond donors (Lipinski definition) is 3. The Morgan fingerprint density at radius 1 is 1.09 bits per heavy atom. The van der Waals surface area contributed by atoms with Gasteiger partial charge < -0.3 is 16.4 Å². The minimum Gasteiger partial charge on any atom is -0.335 e. The Balaban J connectivity index is 1.41. The molecule has 120 valence electrons. The summed E-state index contributed by atoms with van der Waals surface area (Å²) in [6.45, 7) is 0. The third kappa shape index (κ3) is 3.73. The maximum Gasteiger partial charge on any atom is 0.315 e. The van der Waals surface area contributed by atoms with Crippen molar-refractivity contribution >= 4 is 17.6 Å². The summed E-state index contributed by atoms with van der Waals surface area (Å²) < 4.78 is 0. The second-order valence-electron chi connectivity index (χ2n) is 6.59. The van der Waals surface area contributed by atoms with Gasteiger partial charge in [-0.05, 0) is 49.3 Å². The SMILES string of the molecule is N[C@H]1CCCC[C@@H]1NC(=O)NC1CC(c2ccc(Cl)cc2)C1. The Morgan fingerprint density at radius 3 is 2.45 bits per heavy atom. The summed E-state index contributed by atoms with van der Waals surface area (Å²) in [7, 11) is 0. The van der Waals surface area contributed by atoms with Crippen molar-refractivity contribution in [2.24, 2.45) is 5.73 Å². The molecule has 22 heavy (non-hydrogen) atoms. The van der Waals surface area contributed by atoms with Crippen LogP contribution in [0.2, 0.25) is 5.02 Å². The summed E-state index contributed by atoms with van der Waals surface area (Å²) >= 11 is 5.90. The minimum absolute atomic E-state index is 0.0677. The van der Waals surface area contributed by atoms with Crippen LogP contribution in [-0.4, -0.2) is 24.2 Å². The van der Waals surface area contributed by atoms with Crippen molar-refractivity contribution in [3.05, 3.63) is 34.9 Å². The van der Waals surface area contributed by atoms with E-state index in [4.69, 9.17) is 17.3 Å². The van der Waals surface area contributed by atoms with E-state index in [1.807, 2.05) is 12.1 Å². The smallest absolute Gasteiger partial charge is 0.315 e. The van der Waals surface area contributed by atoms with Crippen molar-refractivity contribution < 1.29 is 4.79 Å². The summed E-state index contributed by atoms with van der Waals surface area (Å²) in [5.74, 6) is 0.527. The van der Waals surface area contributed by atoms with E-state index in [-0.39, 0.29) is 24.2 Å². The van der Waals surface area contributed by atoms with Crippen molar-refractivity contribution in [2.75, 3.05) is 0 Å². The van der Waals surface area contributed by atoms with Crippen LogP contribution in [0.3, 0.4) is 0 Å². The highest BCUT2D eigenvalue weighted by Gasteiger charge is 2.32. The molecule has 2 atom stereocenters. The molecule has 0 aliphatic heterocycles. The van der Waals surface area contributed by atoms with Gasteiger partial charge in [-0.25, -0.2) is 4.79 Å². The van der Waals surface area contributed by atoms with E-state index >= 15 is 0 Å². The highest BCUT2D eigenvalue weighted by molar-refractivity contribution is 6.30. The molecule has 0 saturated heterocycles. The standard InChI is InChI=1S/C17H24ClN3O/c18-13-7-5-11(6-8-13)12-9-14(10-12)20-17(22)21-16-4-2-1-3-15(16)19/h5-8,12,14-16H,1-4,9-10,19H2,(H2,20,21,22)/t12?,14?,15-,16-/m0/s1. The molecule has 1 aromatic carbocycles. The molecule has 2 aliphatic carbocycles. The number of amides is 2. The van der Waals surface area contributed by atoms with Crippen molar-refractivity contribution in [1.29, 1.82) is 0 Å². The number of hydrogen-bond acceptors (Lipinski definition) is 2. The highest BCUT2D eigenvalue weighted by Crippen LogP contribution is 2.37. The van der Waals surface area contributed by atoms with E-state index in [1.165, 1.54) is 12.0 Å². The molecule has 2 saturated carbocycles. The van der Waals surface area contributed by atoms with Gasteiger partial charge in [0.05, 0.1) is 0 Å². The lowest BCUT2D eigenvalue weighted by Crippen LogP contribution is -2.55. The van der Waals surface area contributed by atoms with Gasteiger partial charge in [-0.3, -0.25) is 0 Å². The molecule has 4 nitrogen and oxygen atoms in total. The Hall–Kier alpha value is -1.26. The van der Waals surface area contributed by atoms with Crippen LogP contribution >= 0.6 is 11.6 Å². The molecule has 4 N–H and O–H groups in total. The lowest BCUT2D eigenvalue weighted by atomic mass is 9.76. The number of carbonyl (C=O) groups is 1. The fourth-order valence-corrected chi connectivity index (χ4v) is 3.60. The van der Waals surface area contributed by atoms with E-state index in [2.05, 4.69) is 22.8 Å². The van der Waals surface area contributed by atoms with Gasteiger partial charge in [-0.2, -0.15) is 0 Å². The van der Waals surface area contributed by atoms with E-state index in [0.29, 0.717) is 5.92 Å². The normalized spacial score (nSPS) is 31.2. The predicted molar refractivity (Wildman–Crippen MR) is 89.1 cm³/mol. The van der Waals surface area contributed by atoms with Gasteiger partial charge in [0.2, 0.25) is 0 Å². The van der Waals surface area contributed by atoms with E-state index in [9.17, 15) is 4.79 Å². The number of urea groups is 1. The molecule has 0 aromatic heterocycles. The van der Waals surface area contributed by atoms with Crippen molar-refractivity contribution in [3.63, 3.8) is 0 Å². The Labute approximate surface area is 136 Å². The predicted octanol–water partition coefficient (Wildman–Crippen LogP) is 3.16. The molecule has 5 heteroatoms. The zero-order valence-electron chi connectivity index (χ0n) is 12.7. The molecule has 3 rings (SSSR count). The first-order valence-corrected chi connectivity index (χ1v) is 8.57. The molecule has 1 aromatic rings. The van der Waals surface area contributed by atoms with Crippen molar-refractivity contribution in [3.8, 4) is 0 Å². The second kappa shape index (κ2) is 6.88. The number of rotatable bonds is 3. The number of nitrogens with one attached hydrogen (secondary N) is 2. The fourth-order valence-electron chi connectivity index (χ4n) is 3.48. The monoisotopic (exact) mass is 321 g/mol. The summed E-state index contributed by atoms with van der Waals surface area (Å²) in [4.78, 5) is 12.1. The number of nitrogens with two attached hydrogens (primary N) is 1. The summed E-state index contributed by atoms with van der Waals surface area (Å²) in [5, 5.41) is 6.87. The molecule has 2 fully saturated rings. The first kappa shape index (κ1) is 15.6. The summed E-state index contributed by atoms with van der Waals surface area (Å²) in [5.41, 5.74) is 7.36. The minimum atomic E-state index is -0.0677. The lowest BCUT2D eigenvalue weighted by molar-refractivity contribution is 0.212. The van der Waals surface area contributed by atoms with Crippen LogP contribution in [0.1, 0.15) is 50.0 Å². The highest BCUT2D eigenvalue weighted by atomic mass is 35.5. The van der Waals surface area contributed by atoms with Crippen molar-refractivity contribution in [1.82, 2.24) is 10.6 Å². The average Bonchev–Trinajstić information content (AvgIpc) is 2.46. The summed E-state index contributed by atoms with van der Waals surface area (Å²) in [6, 6.07) is 8.42. The van der Waals surface area contributed by atoms with E-state index < -0.39 is 0 Å². The number of benzene rings is 1. The zero-order chi connectivity index (χ0) is 15.5. The Kier molecular flexibility index (Phi) is 4.89. The fraction of sp³-hybridized carbons (Fsp3) is 0.588. The van der Waals surface area contributed by atoms with Crippen LogP contribution in [-0.2, 0) is 0 Å². The summed E-state index contributed by atoms with van der Waals surface area (Å²) in [6.07, 6.45) is 6.31. The topological polar surface area (TPSA) is 67.1 Å². The molecule has 0 heterocycles. The van der Waals surface area contributed by atoms with Gasteiger partial charge in [0, 0.05) is 23.1 Å². The van der Waals surface area contributed by atoms with Crippen LogP contribution in [0.25, 0.3) is 0 Å². The zero-order valence-corrected chi connectivity index (χ0v) is 13.5. The lowest BCUT2D eigenvalue weighted by Gasteiger charge is -2.37. The van der Waals surface area contributed by atoms with Gasteiger partial charge in [-0.15, -0.1) is 0 Å². The van der Waals surface area contributed by atoms with Gasteiger partial charge >= 0.3 is 6.03 Å². The van der Waals surface area contributed by atoms with E-state index in [1.54, 1.807) is 0 Å². The van der Waals surface area contributed by atoms with E-state index in [0.717, 1.165) is 37.1 Å². The van der Waals surface area contributed by atoms with Gasteiger partial charge in [0.15, 0.2) is 0 Å². The third-order valence-corrected chi connectivity index (χ3v) is 5.20. The Bertz CT molecular complexity index is 513. The molecular formula is C17H24ClN3O. The molecule has 2 aliphatic rings. The van der Waals surface area contributed by atoms with Crippen LogP contribution in [0, 0.1) is 0 Å². The quantitative estimate of drug-likeness (QED) is 0.800. The molecule has 2 amide bonds. The average molecular weight is 322 g/mol. The third-order valence-electron chi connectivity index (χ3n) is 4.95. The molecule has 0 unspecified atom stereocenters. The van der Waals surface area contributed by atoms with Gasteiger partial charge in [0.1, 0.15) is 0 Å². The molecule has 0 radical (unpaired) electrons. The molecule has 0 spiro atoms. The molecule has 0 bridgehead atoms. The maximum atomic E-state index is 12.1. The number of halogens is 1.